The van der Waals surface area contributed by atoms with Crippen molar-refractivity contribution in [3.63, 3.8) is 0 Å². The van der Waals surface area contributed by atoms with Crippen LogP contribution in [0.5, 0.6) is 0 Å². The molecular weight excluding hydrogens is 241 g/mol. The molecule has 0 radical (unpaired) electrons. The average molecular weight is 259 g/mol. The zero-order valence-corrected chi connectivity index (χ0v) is 11.4. The van der Waals surface area contributed by atoms with Crippen molar-refractivity contribution >= 4 is 0 Å². The predicted octanol–water partition coefficient (Wildman–Crippen LogP) is 2.85. The second-order valence-electron chi connectivity index (χ2n) is 5.12. The average Bonchev–Trinajstić information content (AvgIpc) is 2.41. The van der Waals surface area contributed by atoms with Gasteiger partial charge in [0.2, 0.25) is 0 Å². The van der Waals surface area contributed by atoms with Crippen molar-refractivity contribution in [3.8, 4) is 0 Å². The summed E-state index contributed by atoms with van der Waals surface area (Å²) in [5.74, 6) is -0.219. The highest BCUT2D eigenvalue weighted by Crippen LogP contribution is 2.36. The second-order valence-corrected chi connectivity index (χ2v) is 5.12. The van der Waals surface area contributed by atoms with Crippen LogP contribution in [0, 0.1) is 5.82 Å². The number of rotatable bonds is 4. The van der Waals surface area contributed by atoms with Crippen molar-refractivity contribution in [1.82, 2.24) is 15.3 Å². The van der Waals surface area contributed by atoms with Gasteiger partial charge in [-0.1, -0.05) is 26.0 Å². The molecule has 0 aliphatic heterocycles. The normalized spacial score (nSPS) is 13.3. The number of nitrogens with one attached hydrogen (secondary N) is 1. The minimum atomic E-state index is -0.219. The Balaban J connectivity index is 2.38. The molecule has 1 heterocycles. The van der Waals surface area contributed by atoms with Crippen molar-refractivity contribution in [2.45, 2.75) is 25.3 Å². The third kappa shape index (κ3) is 2.79. The van der Waals surface area contributed by atoms with Crippen LogP contribution in [-0.4, -0.2) is 17.0 Å². The lowest BCUT2D eigenvalue weighted by atomic mass is 9.75. The molecule has 19 heavy (non-hydrogen) atoms. The maximum absolute atomic E-state index is 13.0. The summed E-state index contributed by atoms with van der Waals surface area (Å²) >= 11 is 0. The first-order valence-corrected chi connectivity index (χ1v) is 6.24. The van der Waals surface area contributed by atoms with Crippen molar-refractivity contribution in [1.29, 1.82) is 0 Å². The molecule has 0 bridgehead atoms. The highest BCUT2D eigenvalue weighted by Gasteiger charge is 2.31. The number of likely N-dealkylation sites (N-methyl/N-ethyl adjacent to an activating group) is 1. The Kier molecular flexibility index (Phi) is 3.90. The van der Waals surface area contributed by atoms with Crippen LogP contribution >= 0.6 is 0 Å². The first-order chi connectivity index (χ1) is 9.05. The molecule has 0 amide bonds. The van der Waals surface area contributed by atoms with Crippen LogP contribution in [0.15, 0.2) is 43.0 Å². The highest BCUT2D eigenvalue weighted by molar-refractivity contribution is 5.30. The molecule has 4 heteroatoms. The number of benzene rings is 1. The third-order valence-corrected chi connectivity index (χ3v) is 3.51. The minimum absolute atomic E-state index is 0.0548. The van der Waals surface area contributed by atoms with E-state index in [1.807, 2.05) is 19.2 Å². The first kappa shape index (κ1) is 13.6. The van der Waals surface area contributed by atoms with Gasteiger partial charge in [-0.25, -0.2) is 14.4 Å². The fourth-order valence-corrected chi connectivity index (χ4v) is 2.45. The van der Waals surface area contributed by atoms with E-state index in [4.69, 9.17) is 0 Å². The zero-order valence-electron chi connectivity index (χ0n) is 11.4. The number of hydrogen-bond donors (Lipinski definition) is 1. The summed E-state index contributed by atoms with van der Waals surface area (Å²) in [7, 11) is 1.91. The lowest BCUT2D eigenvalue weighted by molar-refractivity contribution is 0.366. The highest BCUT2D eigenvalue weighted by atomic mass is 19.1. The standard InChI is InChI=1S/C15H18FN3/c1-15(2,12-4-6-13(16)7-5-12)14(17-3)11-8-18-10-19-9-11/h4-10,14,17H,1-3H3. The van der Waals surface area contributed by atoms with Gasteiger partial charge in [0, 0.05) is 29.4 Å². The zero-order chi connectivity index (χ0) is 13.9. The molecule has 0 aliphatic rings. The summed E-state index contributed by atoms with van der Waals surface area (Å²) in [6.07, 6.45) is 5.12. The smallest absolute Gasteiger partial charge is 0.123 e. The Morgan fingerprint density at radius 2 is 1.68 bits per heavy atom. The molecule has 2 rings (SSSR count). The van der Waals surface area contributed by atoms with Crippen LogP contribution < -0.4 is 5.32 Å². The first-order valence-electron chi connectivity index (χ1n) is 6.24. The molecule has 1 unspecified atom stereocenters. The summed E-state index contributed by atoms with van der Waals surface area (Å²) in [5.41, 5.74) is 1.88. The van der Waals surface area contributed by atoms with Gasteiger partial charge >= 0.3 is 0 Å². The molecule has 1 atom stereocenters. The topological polar surface area (TPSA) is 37.8 Å². The minimum Gasteiger partial charge on any atom is -0.312 e. The third-order valence-electron chi connectivity index (χ3n) is 3.51. The molecule has 100 valence electrons. The molecule has 1 aromatic heterocycles. The number of hydrogen-bond acceptors (Lipinski definition) is 3. The largest absolute Gasteiger partial charge is 0.312 e. The Bertz CT molecular complexity index is 523. The molecule has 0 aliphatic carbocycles. The van der Waals surface area contributed by atoms with E-state index in [0.29, 0.717) is 0 Å². The van der Waals surface area contributed by atoms with Gasteiger partial charge in [-0.2, -0.15) is 0 Å². The Morgan fingerprint density at radius 1 is 1.11 bits per heavy atom. The lowest BCUT2D eigenvalue weighted by Gasteiger charge is -2.34. The van der Waals surface area contributed by atoms with E-state index in [0.717, 1.165) is 11.1 Å². The van der Waals surface area contributed by atoms with Gasteiger partial charge in [0.1, 0.15) is 12.1 Å². The van der Waals surface area contributed by atoms with Gasteiger partial charge in [-0.05, 0) is 24.7 Å². The molecule has 0 saturated heterocycles. The summed E-state index contributed by atoms with van der Waals surface area (Å²) < 4.78 is 13.0. The Labute approximate surface area is 112 Å². The van der Waals surface area contributed by atoms with Crippen LogP contribution in [0.2, 0.25) is 0 Å². The fourth-order valence-electron chi connectivity index (χ4n) is 2.45. The lowest BCUT2D eigenvalue weighted by Crippen LogP contribution is -2.35. The molecule has 3 nitrogen and oxygen atoms in total. The Morgan fingerprint density at radius 3 is 2.21 bits per heavy atom. The van der Waals surface area contributed by atoms with Gasteiger partial charge in [0.05, 0.1) is 0 Å². The van der Waals surface area contributed by atoms with E-state index in [1.54, 1.807) is 12.4 Å². The summed E-state index contributed by atoms with van der Waals surface area (Å²) in [6, 6.07) is 6.68. The summed E-state index contributed by atoms with van der Waals surface area (Å²) in [5, 5.41) is 3.30. The number of halogens is 1. The van der Waals surface area contributed by atoms with Gasteiger partial charge in [0.15, 0.2) is 0 Å². The molecule has 1 aromatic carbocycles. The maximum atomic E-state index is 13.0. The van der Waals surface area contributed by atoms with Gasteiger partial charge in [-0.15, -0.1) is 0 Å². The van der Waals surface area contributed by atoms with E-state index < -0.39 is 0 Å². The van der Waals surface area contributed by atoms with Crippen LogP contribution in [0.4, 0.5) is 4.39 Å². The molecule has 0 saturated carbocycles. The Hall–Kier alpha value is -1.81. The summed E-state index contributed by atoms with van der Waals surface area (Å²) in [6.45, 7) is 4.24. The molecular formula is C15H18FN3. The molecule has 0 spiro atoms. The summed E-state index contributed by atoms with van der Waals surface area (Å²) in [4.78, 5) is 8.13. The van der Waals surface area contributed by atoms with Gasteiger partial charge in [-0.3, -0.25) is 0 Å². The molecule has 2 aromatic rings. The monoisotopic (exact) mass is 259 g/mol. The molecule has 0 fully saturated rings. The van der Waals surface area contributed by atoms with E-state index in [1.165, 1.54) is 18.5 Å². The van der Waals surface area contributed by atoms with E-state index in [9.17, 15) is 4.39 Å². The van der Waals surface area contributed by atoms with E-state index in [-0.39, 0.29) is 17.3 Å². The van der Waals surface area contributed by atoms with Crippen LogP contribution in [-0.2, 0) is 5.41 Å². The fraction of sp³-hybridized carbons (Fsp3) is 0.333. The quantitative estimate of drug-likeness (QED) is 0.917. The maximum Gasteiger partial charge on any atom is 0.123 e. The van der Waals surface area contributed by atoms with Crippen LogP contribution in [0.1, 0.15) is 31.0 Å². The van der Waals surface area contributed by atoms with Gasteiger partial charge < -0.3 is 5.32 Å². The van der Waals surface area contributed by atoms with Crippen LogP contribution in [0.3, 0.4) is 0 Å². The van der Waals surface area contributed by atoms with Crippen molar-refractivity contribution in [2.24, 2.45) is 0 Å². The van der Waals surface area contributed by atoms with Crippen LogP contribution in [0.25, 0.3) is 0 Å². The SMILES string of the molecule is CNC(c1cncnc1)C(C)(C)c1ccc(F)cc1. The number of nitrogens with zero attached hydrogens (tertiary/aromatic N) is 2. The van der Waals surface area contributed by atoms with Crippen molar-refractivity contribution < 1.29 is 4.39 Å². The van der Waals surface area contributed by atoms with Gasteiger partial charge in [0.25, 0.3) is 0 Å². The van der Waals surface area contributed by atoms with Crippen molar-refractivity contribution in [2.75, 3.05) is 7.05 Å². The number of aromatic nitrogens is 2. The van der Waals surface area contributed by atoms with E-state index in [2.05, 4.69) is 29.1 Å². The molecule has 1 N–H and O–H groups in total. The predicted molar refractivity (Wildman–Crippen MR) is 73.3 cm³/mol. The van der Waals surface area contributed by atoms with E-state index >= 15 is 0 Å². The van der Waals surface area contributed by atoms with Crippen molar-refractivity contribution in [3.05, 3.63) is 59.9 Å². The second kappa shape index (κ2) is 5.45.